The lowest BCUT2D eigenvalue weighted by molar-refractivity contribution is 0.198. The van der Waals surface area contributed by atoms with Crippen molar-refractivity contribution in [1.82, 2.24) is 10.2 Å². The average Bonchev–Trinajstić information content (AvgIpc) is 2.85. The first-order valence-corrected chi connectivity index (χ1v) is 12.4. The normalized spacial score (nSPS) is 16.0. The fourth-order valence-corrected chi connectivity index (χ4v) is 4.60. The van der Waals surface area contributed by atoms with Crippen LogP contribution in [0.15, 0.2) is 41.4 Å². The minimum atomic E-state index is -0.496. The van der Waals surface area contributed by atoms with Gasteiger partial charge in [-0.2, -0.15) is 0 Å². The topological polar surface area (TPSA) is 66.4 Å². The van der Waals surface area contributed by atoms with Crippen molar-refractivity contribution >= 4 is 46.6 Å². The number of alkyl carbamates (subject to hydrolysis) is 1. The molecule has 7 nitrogen and oxygen atoms in total. The van der Waals surface area contributed by atoms with E-state index in [-0.39, 0.29) is 0 Å². The summed E-state index contributed by atoms with van der Waals surface area (Å²) in [6.45, 7) is 5.60. The molecule has 182 valence electrons. The average molecular weight is 505 g/mol. The Labute approximate surface area is 210 Å². The highest BCUT2D eigenvalue weighted by Gasteiger charge is 2.20. The SMILES string of the molecule is CNC(=O)OC1=Nc2cc(OCCCCN3CCN(c4cccc(Cl)c4Cl)CC3)ccc2CC1. The van der Waals surface area contributed by atoms with Crippen LogP contribution in [0.2, 0.25) is 10.0 Å². The summed E-state index contributed by atoms with van der Waals surface area (Å²) in [5.74, 6) is 1.22. The highest BCUT2D eigenvalue weighted by atomic mass is 35.5. The molecule has 1 saturated heterocycles. The number of nitrogens with zero attached hydrogens (tertiary/aromatic N) is 3. The Morgan fingerprint density at radius 2 is 1.91 bits per heavy atom. The van der Waals surface area contributed by atoms with Gasteiger partial charge in [-0.15, -0.1) is 0 Å². The molecular weight excluding hydrogens is 475 g/mol. The maximum atomic E-state index is 11.4. The molecule has 1 N–H and O–H groups in total. The van der Waals surface area contributed by atoms with Crippen molar-refractivity contribution < 1.29 is 14.3 Å². The summed E-state index contributed by atoms with van der Waals surface area (Å²) in [5, 5.41) is 3.68. The first-order chi connectivity index (χ1) is 16.5. The smallest absolute Gasteiger partial charge is 0.413 e. The zero-order valence-electron chi connectivity index (χ0n) is 19.4. The zero-order chi connectivity index (χ0) is 23.9. The molecule has 1 fully saturated rings. The number of aliphatic imine (C=N–C) groups is 1. The molecule has 2 aromatic carbocycles. The van der Waals surface area contributed by atoms with Crippen LogP contribution >= 0.6 is 23.2 Å². The van der Waals surface area contributed by atoms with E-state index in [2.05, 4.69) is 20.1 Å². The molecule has 0 atom stereocenters. The van der Waals surface area contributed by atoms with Crippen LogP contribution in [0.5, 0.6) is 5.75 Å². The van der Waals surface area contributed by atoms with Gasteiger partial charge in [-0.25, -0.2) is 9.79 Å². The molecule has 9 heteroatoms. The molecule has 2 aliphatic heterocycles. The minimum Gasteiger partial charge on any atom is -0.494 e. The number of fused-ring (bicyclic) bond motifs is 1. The van der Waals surface area contributed by atoms with Gasteiger partial charge in [0.2, 0.25) is 5.90 Å². The second-order valence-electron chi connectivity index (χ2n) is 8.39. The number of unbranched alkanes of at least 4 members (excludes halogenated alkanes) is 1. The number of rotatable bonds is 7. The van der Waals surface area contributed by atoms with Gasteiger partial charge in [0.25, 0.3) is 0 Å². The Morgan fingerprint density at radius 1 is 1.09 bits per heavy atom. The van der Waals surface area contributed by atoms with Crippen LogP contribution in [0, 0.1) is 0 Å². The molecule has 0 spiro atoms. The fourth-order valence-electron chi connectivity index (χ4n) is 4.19. The third kappa shape index (κ3) is 6.34. The molecular formula is C25H30Cl2N4O3. The third-order valence-electron chi connectivity index (χ3n) is 6.11. The van der Waals surface area contributed by atoms with Gasteiger partial charge in [0.15, 0.2) is 0 Å². The highest BCUT2D eigenvalue weighted by Crippen LogP contribution is 2.33. The molecule has 1 amide bonds. The van der Waals surface area contributed by atoms with E-state index in [1.165, 1.54) is 7.05 Å². The first-order valence-electron chi connectivity index (χ1n) is 11.7. The Bertz CT molecular complexity index is 1040. The molecule has 34 heavy (non-hydrogen) atoms. The van der Waals surface area contributed by atoms with Crippen LogP contribution in [0.3, 0.4) is 0 Å². The van der Waals surface area contributed by atoms with E-state index in [0.29, 0.717) is 29.0 Å². The van der Waals surface area contributed by atoms with Crippen molar-refractivity contribution in [3.8, 4) is 5.75 Å². The molecule has 4 rings (SSSR count). The summed E-state index contributed by atoms with van der Waals surface area (Å²) in [6.07, 6.45) is 2.96. The monoisotopic (exact) mass is 504 g/mol. The minimum absolute atomic E-state index is 0.432. The van der Waals surface area contributed by atoms with Crippen LogP contribution < -0.4 is 15.0 Å². The number of benzene rings is 2. The summed E-state index contributed by atoms with van der Waals surface area (Å²) in [5.41, 5.74) is 2.96. The second-order valence-corrected chi connectivity index (χ2v) is 9.18. The third-order valence-corrected chi connectivity index (χ3v) is 6.92. The number of hydrogen-bond acceptors (Lipinski definition) is 6. The molecule has 0 bridgehead atoms. The predicted molar refractivity (Wildman–Crippen MR) is 137 cm³/mol. The molecule has 2 heterocycles. The molecule has 0 aromatic heterocycles. The molecule has 0 unspecified atom stereocenters. The number of halogens is 2. The molecule has 2 aliphatic rings. The number of nitrogens with one attached hydrogen (secondary N) is 1. The van der Waals surface area contributed by atoms with Crippen molar-refractivity contribution in [2.75, 3.05) is 51.3 Å². The molecule has 0 aliphatic carbocycles. The van der Waals surface area contributed by atoms with Gasteiger partial charge in [0.05, 0.1) is 28.0 Å². The van der Waals surface area contributed by atoms with Crippen LogP contribution in [0.4, 0.5) is 16.2 Å². The number of anilines is 1. The summed E-state index contributed by atoms with van der Waals surface area (Å²) >= 11 is 12.5. The number of hydrogen-bond donors (Lipinski definition) is 1. The Balaban J connectivity index is 1.17. The van der Waals surface area contributed by atoms with E-state index in [0.717, 1.165) is 74.7 Å². The zero-order valence-corrected chi connectivity index (χ0v) is 20.9. The Hall–Kier alpha value is -2.48. The number of carbonyl (C=O) groups is 1. The van der Waals surface area contributed by atoms with Gasteiger partial charge in [-0.1, -0.05) is 35.3 Å². The predicted octanol–water partition coefficient (Wildman–Crippen LogP) is 5.31. The summed E-state index contributed by atoms with van der Waals surface area (Å²) in [7, 11) is 1.53. The lowest BCUT2D eigenvalue weighted by atomic mass is 10.0. The molecule has 0 saturated carbocycles. The lowest BCUT2D eigenvalue weighted by Gasteiger charge is -2.36. The quantitative estimate of drug-likeness (QED) is 0.517. The van der Waals surface area contributed by atoms with E-state index in [9.17, 15) is 4.79 Å². The van der Waals surface area contributed by atoms with Crippen molar-refractivity contribution in [1.29, 1.82) is 0 Å². The number of carbonyl (C=O) groups excluding carboxylic acids is 1. The lowest BCUT2D eigenvalue weighted by Crippen LogP contribution is -2.46. The molecule has 0 radical (unpaired) electrons. The maximum Gasteiger partial charge on any atom is 0.413 e. The van der Waals surface area contributed by atoms with Crippen molar-refractivity contribution in [2.45, 2.75) is 25.7 Å². The standard InChI is InChI=1S/C25H30Cl2N4O3/c1-28-25(32)34-23-10-8-18-7-9-19(17-21(18)29-23)33-16-3-2-11-30-12-14-31(15-13-30)22-6-4-5-20(26)24(22)27/h4-7,9,17H,2-3,8,10-16H2,1H3,(H,28,32). The van der Waals surface area contributed by atoms with Gasteiger partial charge in [0, 0.05) is 45.7 Å². The van der Waals surface area contributed by atoms with Crippen LogP contribution in [-0.2, 0) is 11.2 Å². The van der Waals surface area contributed by atoms with E-state index >= 15 is 0 Å². The fraction of sp³-hybridized carbons (Fsp3) is 0.440. The second kappa shape index (κ2) is 11.8. The van der Waals surface area contributed by atoms with Gasteiger partial charge in [-0.05, 0) is 49.6 Å². The van der Waals surface area contributed by atoms with E-state index in [4.69, 9.17) is 32.7 Å². The van der Waals surface area contributed by atoms with Gasteiger partial charge in [-0.3, -0.25) is 4.90 Å². The van der Waals surface area contributed by atoms with Crippen LogP contribution in [0.25, 0.3) is 0 Å². The summed E-state index contributed by atoms with van der Waals surface area (Å²) in [6, 6.07) is 11.7. The van der Waals surface area contributed by atoms with Crippen molar-refractivity contribution in [2.24, 2.45) is 4.99 Å². The Morgan fingerprint density at radius 3 is 2.71 bits per heavy atom. The summed E-state index contributed by atoms with van der Waals surface area (Å²) in [4.78, 5) is 20.7. The van der Waals surface area contributed by atoms with Crippen LogP contribution in [0.1, 0.15) is 24.8 Å². The van der Waals surface area contributed by atoms with E-state index < -0.39 is 6.09 Å². The van der Waals surface area contributed by atoms with Crippen molar-refractivity contribution in [3.05, 3.63) is 52.0 Å². The van der Waals surface area contributed by atoms with Crippen LogP contribution in [-0.4, -0.2) is 63.3 Å². The number of ether oxygens (including phenoxy) is 2. The van der Waals surface area contributed by atoms with Gasteiger partial charge in [0.1, 0.15) is 5.75 Å². The van der Waals surface area contributed by atoms with Crippen molar-refractivity contribution in [3.63, 3.8) is 0 Å². The molecule has 2 aromatic rings. The van der Waals surface area contributed by atoms with Gasteiger partial charge >= 0.3 is 6.09 Å². The number of piperazine rings is 1. The number of amides is 1. The summed E-state index contributed by atoms with van der Waals surface area (Å²) < 4.78 is 11.1. The van der Waals surface area contributed by atoms with Gasteiger partial charge < -0.3 is 19.7 Å². The Kier molecular flexibility index (Phi) is 8.53. The largest absolute Gasteiger partial charge is 0.494 e. The maximum absolute atomic E-state index is 11.4. The van der Waals surface area contributed by atoms with E-state index in [1.807, 2.05) is 36.4 Å². The highest BCUT2D eigenvalue weighted by molar-refractivity contribution is 6.43. The first kappa shape index (κ1) is 24.6. The number of aryl methyl sites for hydroxylation is 1. The van der Waals surface area contributed by atoms with E-state index in [1.54, 1.807) is 0 Å².